The van der Waals surface area contributed by atoms with Crippen molar-refractivity contribution in [3.05, 3.63) is 83.9 Å². The van der Waals surface area contributed by atoms with Gasteiger partial charge >= 0.3 is 0 Å². The zero-order valence-corrected chi connectivity index (χ0v) is 13.0. The molecule has 0 fully saturated rings. The van der Waals surface area contributed by atoms with E-state index in [0.29, 0.717) is 22.7 Å². The van der Waals surface area contributed by atoms with Gasteiger partial charge in [0.15, 0.2) is 0 Å². The first-order valence-electron chi connectivity index (χ1n) is 7.38. The minimum absolute atomic E-state index is 0.00795. The molecule has 0 radical (unpaired) electrons. The molecular formula is C19H15FN2O2. The maximum atomic E-state index is 14.0. The van der Waals surface area contributed by atoms with Crippen molar-refractivity contribution in [3.8, 4) is 11.5 Å². The molecule has 120 valence electrons. The van der Waals surface area contributed by atoms with Crippen molar-refractivity contribution in [2.24, 2.45) is 0 Å². The second-order valence-corrected chi connectivity index (χ2v) is 5.21. The van der Waals surface area contributed by atoms with Crippen molar-refractivity contribution in [3.63, 3.8) is 0 Å². The number of carbonyl (C=O) groups excluding carboxylic acids is 1. The van der Waals surface area contributed by atoms with E-state index in [-0.39, 0.29) is 5.56 Å². The molecule has 2 aromatic carbocycles. The fourth-order valence-corrected chi connectivity index (χ4v) is 2.20. The zero-order valence-electron chi connectivity index (χ0n) is 13.0. The first-order valence-corrected chi connectivity index (χ1v) is 7.38. The Hall–Kier alpha value is -3.21. The molecule has 1 heterocycles. The number of hydrogen-bond acceptors (Lipinski definition) is 3. The van der Waals surface area contributed by atoms with Gasteiger partial charge in [-0.05, 0) is 42.8 Å². The van der Waals surface area contributed by atoms with E-state index >= 15 is 0 Å². The highest BCUT2D eigenvalue weighted by Crippen LogP contribution is 2.24. The number of ether oxygens (including phenoxy) is 1. The Labute approximate surface area is 138 Å². The summed E-state index contributed by atoms with van der Waals surface area (Å²) < 4.78 is 19.7. The molecule has 0 bridgehead atoms. The van der Waals surface area contributed by atoms with Crippen molar-refractivity contribution < 1.29 is 13.9 Å². The van der Waals surface area contributed by atoms with Crippen molar-refractivity contribution >= 4 is 11.6 Å². The Morgan fingerprint density at radius 3 is 2.67 bits per heavy atom. The number of hydrogen-bond donors (Lipinski definition) is 1. The Morgan fingerprint density at radius 1 is 1.08 bits per heavy atom. The molecule has 5 heteroatoms. The number of benzene rings is 2. The normalized spacial score (nSPS) is 10.2. The Morgan fingerprint density at radius 2 is 1.88 bits per heavy atom. The van der Waals surface area contributed by atoms with Gasteiger partial charge in [0.25, 0.3) is 5.91 Å². The molecule has 0 saturated heterocycles. The lowest BCUT2D eigenvalue weighted by Crippen LogP contribution is -2.14. The lowest BCUT2D eigenvalue weighted by Gasteiger charge is -2.10. The second kappa shape index (κ2) is 6.91. The number of rotatable bonds is 4. The third-order valence-electron chi connectivity index (χ3n) is 3.40. The predicted molar refractivity (Wildman–Crippen MR) is 89.8 cm³/mol. The van der Waals surface area contributed by atoms with Crippen LogP contribution in [-0.2, 0) is 0 Å². The largest absolute Gasteiger partial charge is 0.456 e. The van der Waals surface area contributed by atoms with Gasteiger partial charge in [0.1, 0.15) is 17.3 Å². The molecule has 1 amide bonds. The van der Waals surface area contributed by atoms with Crippen LogP contribution in [0.2, 0.25) is 0 Å². The average Bonchev–Trinajstić information content (AvgIpc) is 2.58. The molecular weight excluding hydrogens is 307 g/mol. The fourth-order valence-electron chi connectivity index (χ4n) is 2.20. The van der Waals surface area contributed by atoms with Crippen LogP contribution >= 0.6 is 0 Å². The number of aromatic nitrogens is 1. The van der Waals surface area contributed by atoms with E-state index in [4.69, 9.17) is 4.74 Å². The van der Waals surface area contributed by atoms with Crippen LogP contribution in [-0.4, -0.2) is 10.9 Å². The number of amides is 1. The smallest absolute Gasteiger partial charge is 0.258 e. The number of halogens is 1. The van der Waals surface area contributed by atoms with Gasteiger partial charge in [-0.25, -0.2) is 4.39 Å². The molecule has 3 aromatic rings. The van der Waals surface area contributed by atoms with Gasteiger partial charge in [0.05, 0.1) is 11.8 Å². The summed E-state index contributed by atoms with van der Waals surface area (Å²) in [6, 6.07) is 15.1. The van der Waals surface area contributed by atoms with E-state index in [2.05, 4.69) is 10.3 Å². The summed E-state index contributed by atoms with van der Waals surface area (Å²) in [5.74, 6) is 0.115. The quantitative estimate of drug-likeness (QED) is 0.765. The molecule has 1 N–H and O–H groups in total. The van der Waals surface area contributed by atoms with Crippen molar-refractivity contribution in [2.75, 3.05) is 5.32 Å². The van der Waals surface area contributed by atoms with Gasteiger partial charge in [-0.3, -0.25) is 9.78 Å². The van der Waals surface area contributed by atoms with Gasteiger partial charge in [0.2, 0.25) is 0 Å². The molecule has 1 aromatic heterocycles. The summed E-state index contributed by atoms with van der Waals surface area (Å²) in [5, 5.41) is 2.68. The molecule has 0 aliphatic carbocycles. The van der Waals surface area contributed by atoms with Crippen LogP contribution in [0.5, 0.6) is 11.5 Å². The maximum Gasteiger partial charge on any atom is 0.258 e. The number of anilines is 1. The summed E-state index contributed by atoms with van der Waals surface area (Å²) in [4.78, 5) is 16.2. The monoisotopic (exact) mass is 322 g/mol. The van der Waals surface area contributed by atoms with E-state index in [1.807, 2.05) is 0 Å². The Kier molecular flexibility index (Phi) is 4.52. The van der Waals surface area contributed by atoms with Crippen LogP contribution in [0, 0.1) is 12.7 Å². The Bertz CT molecular complexity index is 866. The first-order chi connectivity index (χ1) is 11.6. The summed E-state index contributed by atoms with van der Waals surface area (Å²) >= 11 is 0. The van der Waals surface area contributed by atoms with Gasteiger partial charge in [-0.15, -0.1) is 0 Å². The topological polar surface area (TPSA) is 51.2 Å². The Balaban J connectivity index is 1.77. The summed E-state index contributed by atoms with van der Waals surface area (Å²) in [6.07, 6.45) is 3.24. The molecule has 0 aliphatic rings. The highest BCUT2D eigenvalue weighted by atomic mass is 19.1. The van der Waals surface area contributed by atoms with Gasteiger partial charge in [-0.2, -0.15) is 0 Å². The first kappa shape index (κ1) is 15.7. The minimum Gasteiger partial charge on any atom is -0.456 e. The van der Waals surface area contributed by atoms with E-state index in [1.54, 1.807) is 67.8 Å². The third kappa shape index (κ3) is 3.57. The van der Waals surface area contributed by atoms with Crippen LogP contribution in [0.15, 0.2) is 67.0 Å². The van der Waals surface area contributed by atoms with Crippen molar-refractivity contribution in [2.45, 2.75) is 6.92 Å². The van der Waals surface area contributed by atoms with E-state index in [9.17, 15) is 9.18 Å². The molecule has 24 heavy (non-hydrogen) atoms. The number of carbonyl (C=O) groups is 1. The van der Waals surface area contributed by atoms with Crippen LogP contribution in [0.3, 0.4) is 0 Å². The van der Waals surface area contributed by atoms with Gasteiger partial charge in [0, 0.05) is 18.0 Å². The highest BCUT2D eigenvalue weighted by molar-refractivity contribution is 6.04. The number of aryl methyl sites for hydroxylation is 1. The summed E-state index contributed by atoms with van der Waals surface area (Å²) in [6.45, 7) is 1.62. The average molecular weight is 322 g/mol. The van der Waals surface area contributed by atoms with E-state index in [0.717, 1.165) is 0 Å². The highest BCUT2D eigenvalue weighted by Gasteiger charge is 2.13. The number of pyridine rings is 1. The van der Waals surface area contributed by atoms with Crippen LogP contribution in [0.25, 0.3) is 0 Å². The molecule has 0 saturated carbocycles. The van der Waals surface area contributed by atoms with Crippen molar-refractivity contribution in [1.82, 2.24) is 4.98 Å². The zero-order chi connectivity index (χ0) is 16.9. The molecule has 0 unspecified atom stereocenters. The summed E-state index contributed by atoms with van der Waals surface area (Å²) in [5.41, 5.74) is 0.951. The standard InChI is InChI=1S/C19H15FN2O2/c1-13-5-2-9-17(18(13)20)19(23)22-14-6-3-7-15(11-14)24-16-8-4-10-21-12-16/h2-12H,1H3,(H,22,23). The third-order valence-corrected chi connectivity index (χ3v) is 3.40. The lowest BCUT2D eigenvalue weighted by molar-refractivity contribution is 0.102. The number of nitrogens with one attached hydrogen (secondary N) is 1. The van der Waals surface area contributed by atoms with Gasteiger partial charge in [-0.1, -0.05) is 18.2 Å². The van der Waals surface area contributed by atoms with E-state index < -0.39 is 11.7 Å². The second-order valence-electron chi connectivity index (χ2n) is 5.21. The van der Waals surface area contributed by atoms with Crippen LogP contribution in [0.1, 0.15) is 15.9 Å². The van der Waals surface area contributed by atoms with Crippen molar-refractivity contribution in [1.29, 1.82) is 0 Å². The molecule has 3 rings (SSSR count). The molecule has 4 nitrogen and oxygen atoms in total. The van der Waals surface area contributed by atoms with Crippen LogP contribution in [0.4, 0.5) is 10.1 Å². The lowest BCUT2D eigenvalue weighted by atomic mass is 10.1. The van der Waals surface area contributed by atoms with Crippen LogP contribution < -0.4 is 10.1 Å². The molecule has 0 atom stereocenters. The van der Waals surface area contributed by atoms with E-state index in [1.165, 1.54) is 6.07 Å². The van der Waals surface area contributed by atoms with Gasteiger partial charge < -0.3 is 10.1 Å². The molecule has 0 aliphatic heterocycles. The predicted octanol–water partition coefficient (Wildman–Crippen LogP) is 4.57. The fraction of sp³-hybridized carbons (Fsp3) is 0.0526. The molecule has 0 spiro atoms. The minimum atomic E-state index is -0.516. The SMILES string of the molecule is Cc1cccc(C(=O)Nc2cccc(Oc3cccnc3)c2)c1F. The number of nitrogens with zero attached hydrogens (tertiary/aromatic N) is 1. The summed E-state index contributed by atoms with van der Waals surface area (Å²) in [7, 11) is 0. The maximum absolute atomic E-state index is 14.0.